The van der Waals surface area contributed by atoms with Gasteiger partial charge < -0.3 is 4.74 Å². The predicted octanol–water partition coefficient (Wildman–Crippen LogP) is 3.11. The van der Waals surface area contributed by atoms with Crippen LogP contribution in [0, 0.1) is 5.82 Å². The van der Waals surface area contributed by atoms with Crippen LogP contribution in [0.25, 0.3) is 17.2 Å². The van der Waals surface area contributed by atoms with E-state index in [-0.39, 0.29) is 44.6 Å². The lowest BCUT2D eigenvalue weighted by Gasteiger charge is -2.19. The molecule has 0 saturated carbocycles. The highest BCUT2D eigenvalue weighted by molar-refractivity contribution is 9.10. The number of sulfonamides is 1. The average Bonchev–Trinajstić information content (AvgIpc) is 3.31. The van der Waals surface area contributed by atoms with Crippen molar-refractivity contribution in [2.45, 2.75) is 37.8 Å². The third-order valence-corrected chi connectivity index (χ3v) is 6.82. The van der Waals surface area contributed by atoms with Gasteiger partial charge in [-0.3, -0.25) is 4.52 Å². The fourth-order valence-corrected chi connectivity index (χ4v) is 4.86. The number of hydrogen-bond acceptors (Lipinski definition) is 11. The summed E-state index contributed by atoms with van der Waals surface area (Å²) in [5, 5.41) is 11.5. The second kappa shape index (κ2) is 10.3. The summed E-state index contributed by atoms with van der Waals surface area (Å²) in [6, 6.07) is 3.87. The molecule has 3 rings (SSSR count). The minimum absolute atomic E-state index is 0.0357. The summed E-state index contributed by atoms with van der Waals surface area (Å²) >= 11 is 4.15. The van der Waals surface area contributed by atoms with Gasteiger partial charge in [-0.1, -0.05) is 5.16 Å². The van der Waals surface area contributed by atoms with Gasteiger partial charge in [0.1, 0.15) is 11.4 Å². The second-order valence-corrected chi connectivity index (χ2v) is 11.5. The van der Waals surface area contributed by atoms with Crippen LogP contribution in [0.5, 0.6) is 0 Å². The summed E-state index contributed by atoms with van der Waals surface area (Å²) in [4.78, 5) is 23.9. The maximum atomic E-state index is 13.6. The lowest BCUT2D eigenvalue weighted by molar-refractivity contribution is 0.0570. The van der Waals surface area contributed by atoms with Gasteiger partial charge in [-0.15, -0.1) is 11.8 Å². The standard InChI is InChI=1S/C18H19BrFN5O7S2/c1-18(2,3)30-16(26)24-34(28,29)8-4-7-33-15-13(21-32-23-15)14-22-31-17(27)25(14)10-5-6-12(20)11(19)9-10/h5-6,9H,4,7-8H2,1-3H3,(H,24,26). The minimum atomic E-state index is -3.91. The molecule has 2 aromatic heterocycles. The highest BCUT2D eigenvalue weighted by Crippen LogP contribution is 2.29. The van der Waals surface area contributed by atoms with Gasteiger partial charge in [-0.25, -0.2) is 36.3 Å². The van der Waals surface area contributed by atoms with E-state index in [9.17, 15) is 22.4 Å². The van der Waals surface area contributed by atoms with E-state index in [1.165, 1.54) is 12.1 Å². The van der Waals surface area contributed by atoms with Gasteiger partial charge >= 0.3 is 11.8 Å². The Morgan fingerprint density at radius 2 is 2.03 bits per heavy atom. The Bertz CT molecular complexity index is 1350. The molecule has 0 radical (unpaired) electrons. The van der Waals surface area contributed by atoms with Crippen LogP contribution in [0.1, 0.15) is 27.2 Å². The number of carbonyl (C=O) groups excluding carboxylic acids is 1. The van der Waals surface area contributed by atoms with Crippen molar-refractivity contribution in [3.8, 4) is 17.2 Å². The van der Waals surface area contributed by atoms with E-state index in [4.69, 9.17) is 13.9 Å². The van der Waals surface area contributed by atoms with Gasteiger partial charge in [0.15, 0.2) is 10.7 Å². The van der Waals surface area contributed by atoms with Crippen LogP contribution in [0.3, 0.4) is 0 Å². The van der Waals surface area contributed by atoms with Gasteiger partial charge in [0, 0.05) is 5.75 Å². The molecular formula is C18H19BrFN5O7S2. The van der Waals surface area contributed by atoms with Crippen molar-refractivity contribution in [2.75, 3.05) is 11.5 Å². The molecule has 0 aliphatic carbocycles. The molecule has 12 nitrogen and oxygen atoms in total. The molecule has 0 fully saturated rings. The highest BCUT2D eigenvalue weighted by atomic mass is 79.9. The molecule has 1 aromatic carbocycles. The number of amides is 1. The van der Waals surface area contributed by atoms with E-state index >= 15 is 0 Å². The molecule has 0 atom stereocenters. The Morgan fingerprint density at radius 3 is 2.71 bits per heavy atom. The van der Waals surface area contributed by atoms with Crippen LogP contribution in [-0.2, 0) is 14.8 Å². The topological polar surface area (TPSA) is 159 Å². The largest absolute Gasteiger partial charge is 0.446 e. The summed E-state index contributed by atoms with van der Waals surface area (Å²) in [7, 11) is -3.91. The quantitative estimate of drug-likeness (QED) is 0.308. The van der Waals surface area contributed by atoms with Crippen molar-refractivity contribution < 1.29 is 31.5 Å². The molecule has 0 saturated heterocycles. The molecule has 3 aromatic rings. The summed E-state index contributed by atoms with van der Waals surface area (Å²) in [5.74, 6) is -1.50. The Hall–Kier alpha value is -2.72. The van der Waals surface area contributed by atoms with E-state index in [1.54, 1.807) is 20.8 Å². The van der Waals surface area contributed by atoms with Crippen LogP contribution in [0.2, 0.25) is 0 Å². The van der Waals surface area contributed by atoms with E-state index < -0.39 is 33.3 Å². The molecular weight excluding hydrogens is 561 g/mol. The number of ether oxygens (including phenoxy) is 1. The summed E-state index contributed by atoms with van der Waals surface area (Å²) in [5.41, 5.74) is -0.503. The number of halogens is 2. The molecule has 0 spiro atoms. The first-order chi connectivity index (χ1) is 15.9. The number of hydrogen-bond donors (Lipinski definition) is 1. The summed E-state index contributed by atoms with van der Waals surface area (Å²) in [6.07, 6.45) is -0.911. The molecule has 0 aliphatic rings. The third kappa shape index (κ3) is 6.66. The van der Waals surface area contributed by atoms with Crippen molar-refractivity contribution in [1.29, 1.82) is 0 Å². The number of nitrogens with zero attached hydrogens (tertiary/aromatic N) is 4. The Morgan fingerprint density at radius 1 is 1.29 bits per heavy atom. The molecule has 0 bridgehead atoms. The molecule has 184 valence electrons. The Balaban J connectivity index is 1.67. The summed E-state index contributed by atoms with van der Waals surface area (Å²) in [6.45, 7) is 4.84. The smallest absolute Gasteiger partial charge is 0.443 e. The van der Waals surface area contributed by atoms with Crippen LogP contribution >= 0.6 is 27.7 Å². The van der Waals surface area contributed by atoms with Gasteiger partial charge in [0.25, 0.3) is 0 Å². The first-order valence-corrected chi connectivity index (χ1v) is 13.0. The summed E-state index contributed by atoms with van der Waals surface area (Å²) < 4.78 is 55.2. The molecule has 0 unspecified atom stereocenters. The zero-order valence-corrected chi connectivity index (χ0v) is 21.3. The Kier molecular flexibility index (Phi) is 7.82. The monoisotopic (exact) mass is 579 g/mol. The predicted molar refractivity (Wildman–Crippen MR) is 122 cm³/mol. The van der Waals surface area contributed by atoms with E-state index in [0.29, 0.717) is 0 Å². The van der Waals surface area contributed by atoms with Crippen molar-refractivity contribution in [2.24, 2.45) is 0 Å². The number of nitrogens with one attached hydrogen (secondary N) is 1. The van der Waals surface area contributed by atoms with Gasteiger partial charge in [0.05, 0.1) is 15.9 Å². The molecule has 0 aliphatic heterocycles. The second-order valence-electron chi connectivity index (χ2n) is 7.75. The molecule has 34 heavy (non-hydrogen) atoms. The Labute approximate surface area is 205 Å². The molecule has 1 N–H and O–H groups in total. The van der Waals surface area contributed by atoms with Crippen molar-refractivity contribution in [3.63, 3.8) is 0 Å². The molecule has 2 heterocycles. The van der Waals surface area contributed by atoms with Crippen molar-refractivity contribution in [3.05, 3.63) is 39.0 Å². The van der Waals surface area contributed by atoms with Crippen LogP contribution in [-0.4, -0.2) is 51.7 Å². The number of carbonyl (C=O) groups is 1. The van der Waals surface area contributed by atoms with E-state index in [0.717, 1.165) is 22.4 Å². The van der Waals surface area contributed by atoms with Crippen molar-refractivity contribution in [1.82, 2.24) is 24.8 Å². The number of aromatic nitrogens is 4. The van der Waals surface area contributed by atoms with E-state index in [2.05, 4.69) is 31.4 Å². The molecule has 16 heteroatoms. The lowest BCUT2D eigenvalue weighted by atomic mass is 10.2. The maximum absolute atomic E-state index is 13.6. The maximum Gasteiger partial charge on any atom is 0.446 e. The number of benzene rings is 1. The normalized spacial score (nSPS) is 12.0. The first-order valence-electron chi connectivity index (χ1n) is 9.59. The average molecular weight is 580 g/mol. The van der Waals surface area contributed by atoms with Crippen LogP contribution < -0.4 is 10.5 Å². The van der Waals surface area contributed by atoms with Gasteiger partial charge in [0.2, 0.25) is 15.8 Å². The minimum Gasteiger partial charge on any atom is -0.443 e. The SMILES string of the molecule is CC(C)(C)OC(=O)NS(=O)(=O)CCCSc1nonc1-c1noc(=O)n1-c1ccc(F)c(Br)c1. The van der Waals surface area contributed by atoms with Gasteiger partial charge in [-0.05, 0) is 71.6 Å². The third-order valence-electron chi connectivity index (χ3n) is 3.87. The van der Waals surface area contributed by atoms with Gasteiger partial charge in [-0.2, -0.15) is 0 Å². The van der Waals surface area contributed by atoms with Crippen LogP contribution in [0.15, 0.2) is 41.6 Å². The zero-order chi connectivity index (χ0) is 25.1. The molecule has 1 amide bonds. The number of thioether (sulfide) groups is 1. The highest BCUT2D eigenvalue weighted by Gasteiger charge is 2.24. The fraction of sp³-hybridized carbons (Fsp3) is 0.389. The fourth-order valence-electron chi connectivity index (χ4n) is 2.56. The van der Waals surface area contributed by atoms with E-state index in [1.807, 2.05) is 4.72 Å². The lowest BCUT2D eigenvalue weighted by Crippen LogP contribution is -2.37. The zero-order valence-electron chi connectivity index (χ0n) is 18.1. The van der Waals surface area contributed by atoms with Crippen molar-refractivity contribution >= 4 is 43.8 Å². The first kappa shape index (κ1) is 25.9. The number of rotatable bonds is 8. The van der Waals surface area contributed by atoms with Crippen LogP contribution in [0.4, 0.5) is 9.18 Å².